The van der Waals surface area contributed by atoms with Gasteiger partial charge in [0.2, 0.25) is 0 Å². The van der Waals surface area contributed by atoms with E-state index in [-0.39, 0.29) is 0 Å². The summed E-state index contributed by atoms with van der Waals surface area (Å²) < 4.78 is 0. The van der Waals surface area contributed by atoms with Crippen molar-refractivity contribution in [2.75, 3.05) is 20.1 Å². The molecule has 0 aromatic heterocycles. The Balaban J connectivity index is 1.81. The first kappa shape index (κ1) is 13.6. The average molecular weight is 246 g/mol. The predicted molar refractivity (Wildman–Crippen MR) is 78.0 cm³/mol. The summed E-state index contributed by atoms with van der Waals surface area (Å²) in [6, 6.07) is 8.11. The molecule has 100 valence electrons. The van der Waals surface area contributed by atoms with Crippen molar-refractivity contribution in [3.63, 3.8) is 0 Å². The molecule has 0 amide bonds. The Morgan fingerprint density at radius 1 is 1.22 bits per heavy atom. The fraction of sp³-hybridized carbons (Fsp3) is 0.625. The molecule has 0 radical (unpaired) electrons. The molecule has 1 atom stereocenters. The van der Waals surface area contributed by atoms with Crippen molar-refractivity contribution in [2.45, 2.75) is 45.7 Å². The number of likely N-dealkylation sites (N-methyl/N-ethyl adjacent to an activating group) is 1. The molecule has 2 rings (SSSR count). The van der Waals surface area contributed by atoms with E-state index in [1.807, 2.05) is 0 Å². The summed E-state index contributed by atoms with van der Waals surface area (Å²) in [4.78, 5) is 2.47. The summed E-state index contributed by atoms with van der Waals surface area (Å²) in [5.41, 5.74) is 4.11. The molecule has 0 saturated heterocycles. The number of hydrogen-bond donors (Lipinski definition) is 1. The molecule has 1 saturated carbocycles. The van der Waals surface area contributed by atoms with Crippen molar-refractivity contribution in [3.8, 4) is 0 Å². The van der Waals surface area contributed by atoms with Gasteiger partial charge in [0.25, 0.3) is 0 Å². The Bertz CT molecular complexity index is 376. The first-order valence-corrected chi connectivity index (χ1v) is 7.08. The smallest absolute Gasteiger partial charge is 0.0292 e. The maximum absolute atomic E-state index is 3.63. The average Bonchev–Trinajstić information content (AvgIpc) is 3.11. The van der Waals surface area contributed by atoms with Crippen LogP contribution in [0.1, 0.15) is 42.5 Å². The molecule has 2 nitrogen and oxygen atoms in total. The Hall–Kier alpha value is -0.860. The van der Waals surface area contributed by atoms with Gasteiger partial charge in [-0.3, -0.25) is 0 Å². The van der Waals surface area contributed by atoms with Gasteiger partial charge in [-0.15, -0.1) is 0 Å². The molecular formula is C16H26N2. The van der Waals surface area contributed by atoms with Crippen molar-refractivity contribution >= 4 is 0 Å². The van der Waals surface area contributed by atoms with Gasteiger partial charge in [0, 0.05) is 25.2 Å². The van der Waals surface area contributed by atoms with Gasteiger partial charge in [-0.05, 0) is 46.2 Å². The molecule has 0 spiro atoms. The number of nitrogens with one attached hydrogen (secondary N) is 1. The minimum atomic E-state index is 0.441. The molecule has 2 heteroatoms. The van der Waals surface area contributed by atoms with E-state index in [4.69, 9.17) is 0 Å². The molecular weight excluding hydrogens is 220 g/mol. The fourth-order valence-electron chi connectivity index (χ4n) is 2.53. The van der Waals surface area contributed by atoms with Crippen molar-refractivity contribution < 1.29 is 0 Å². The molecule has 1 aliphatic rings. The second-order valence-corrected chi connectivity index (χ2v) is 5.81. The molecule has 1 fully saturated rings. The first-order chi connectivity index (χ1) is 8.56. The lowest BCUT2D eigenvalue weighted by Crippen LogP contribution is -2.32. The maximum Gasteiger partial charge on any atom is 0.0292 e. The Morgan fingerprint density at radius 3 is 2.39 bits per heavy atom. The van der Waals surface area contributed by atoms with Crippen LogP contribution in [0.3, 0.4) is 0 Å². The minimum Gasteiger partial charge on any atom is -0.309 e. The zero-order chi connectivity index (χ0) is 13.1. The van der Waals surface area contributed by atoms with Gasteiger partial charge >= 0.3 is 0 Å². The number of benzene rings is 1. The van der Waals surface area contributed by atoms with Gasteiger partial charge in [0.05, 0.1) is 0 Å². The lowest BCUT2D eigenvalue weighted by atomic mass is 10.0. The van der Waals surface area contributed by atoms with Crippen LogP contribution in [0.2, 0.25) is 0 Å². The molecule has 1 aliphatic carbocycles. The predicted octanol–water partition coefficient (Wildman–Crippen LogP) is 3.05. The first-order valence-electron chi connectivity index (χ1n) is 7.08. The van der Waals surface area contributed by atoms with Gasteiger partial charge in [0.1, 0.15) is 0 Å². The monoisotopic (exact) mass is 246 g/mol. The van der Waals surface area contributed by atoms with Crippen LogP contribution < -0.4 is 5.32 Å². The molecule has 1 aromatic rings. The summed E-state index contributed by atoms with van der Waals surface area (Å²) in [7, 11) is 2.24. The van der Waals surface area contributed by atoms with Crippen molar-refractivity contribution in [3.05, 3.63) is 34.9 Å². The van der Waals surface area contributed by atoms with E-state index < -0.39 is 0 Å². The van der Waals surface area contributed by atoms with E-state index in [1.54, 1.807) is 0 Å². The normalized spacial score (nSPS) is 17.2. The van der Waals surface area contributed by atoms with Crippen LogP contribution in [0.15, 0.2) is 18.2 Å². The highest BCUT2D eigenvalue weighted by Gasteiger charge is 2.25. The van der Waals surface area contributed by atoms with E-state index in [2.05, 4.69) is 56.2 Å². The van der Waals surface area contributed by atoms with E-state index in [9.17, 15) is 0 Å². The summed E-state index contributed by atoms with van der Waals surface area (Å²) in [6.07, 6.45) is 2.78. The number of nitrogens with zero attached hydrogens (tertiary/aromatic N) is 1. The highest BCUT2D eigenvalue weighted by atomic mass is 15.2. The summed E-state index contributed by atoms with van der Waals surface area (Å²) in [5.74, 6) is 0. The van der Waals surface area contributed by atoms with Crippen LogP contribution in [-0.4, -0.2) is 31.1 Å². The van der Waals surface area contributed by atoms with E-state index in [0.29, 0.717) is 6.04 Å². The van der Waals surface area contributed by atoms with Crippen LogP contribution in [0.5, 0.6) is 0 Å². The van der Waals surface area contributed by atoms with Gasteiger partial charge in [-0.2, -0.15) is 0 Å². The SMILES string of the molecule is Cc1cc(C)cc(C(C)NCCN(C)C2CC2)c1. The third kappa shape index (κ3) is 3.82. The lowest BCUT2D eigenvalue weighted by Gasteiger charge is -2.19. The topological polar surface area (TPSA) is 15.3 Å². The molecule has 1 aromatic carbocycles. The van der Waals surface area contributed by atoms with Crippen LogP contribution in [0.25, 0.3) is 0 Å². The van der Waals surface area contributed by atoms with Gasteiger partial charge in [-0.1, -0.05) is 29.3 Å². The van der Waals surface area contributed by atoms with Crippen molar-refractivity contribution in [1.29, 1.82) is 0 Å². The fourth-order valence-corrected chi connectivity index (χ4v) is 2.53. The van der Waals surface area contributed by atoms with Gasteiger partial charge in [-0.25, -0.2) is 0 Å². The Morgan fingerprint density at radius 2 is 1.83 bits per heavy atom. The number of rotatable bonds is 6. The number of aryl methyl sites for hydroxylation is 2. The molecule has 0 bridgehead atoms. The maximum atomic E-state index is 3.63. The van der Waals surface area contributed by atoms with Crippen LogP contribution >= 0.6 is 0 Å². The molecule has 18 heavy (non-hydrogen) atoms. The summed E-state index contributed by atoms with van der Waals surface area (Å²) in [6.45, 7) is 8.82. The van der Waals surface area contributed by atoms with E-state index in [0.717, 1.165) is 19.1 Å². The van der Waals surface area contributed by atoms with Crippen LogP contribution in [0.4, 0.5) is 0 Å². The van der Waals surface area contributed by atoms with Crippen LogP contribution in [0, 0.1) is 13.8 Å². The minimum absolute atomic E-state index is 0.441. The Kier molecular flexibility index (Phi) is 4.41. The molecule has 0 aliphatic heterocycles. The van der Waals surface area contributed by atoms with Gasteiger partial charge in [0.15, 0.2) is 0 Å². The molecule has 1 unspecified atom stereocenters. The lowest BCUT2D eigenvalue weighted by molar-refractivity contribution is 0.316. The number of hydrogen-bond acceptors (Lipinski definition) is 2. The second kappa shape index (κ2) is 5.85. The van der Waals surface area contributed by atoms with Crippen LogP contribution in [-0.2, 0) is 0 Å². The summed E-state index contributed by atoms with van der Waals surface area (Å²) in [5, 5.41) is 3.63. The summed E-state index contributed by atoms with van der Waals surface area (Å²) >= 11 is 0. The molecule has 0 heterocycles. The quantitative estimate of drug-likeness (QED) is 0.830. The highest BCUT2D eigenvalue weighted by Crippen LogP contribution is 2.24. The second-order valence-electron chi connectivity index (χ2n) is 5.81. The zero-order valence-electron chi connectivity index (χ0n) is 12.2. The standard InChI is InChI=1S/C16H26N2/c1-12-9-13(2)11-15(10-12)14(3)17-7-8-18(4)16-5-6-16/h9-11,14,16-17H,5-8H2,1-4H3. The van der Waals surface area contributed by atoms with Crippen molar-refractivity contribution in [2.24, 2.45) is 0 Å². The third-order valence-electron chi connectivity index (χ3n) is 3.83. The highest BCUT2D eigenvalue weighted by molar-refractivity contribution is 5.30. The van der Waals surface area contributed by atoms with E-state index >= 15 is 0 Å². The van der Waals surface area contributed by atoms with E-state index in [1.165, 1.54) is 29.5 Å². The van der Waals surface area contributed by atoms with Gasteiger partial charge < -0.3 is 10.2 Å². The largest absolute Gasteiger partial charge is 0.309 e. The third-order valence-corrected chi connectivity index (χ3v) is 3.83. The molecule has 1 N–H and O–H groups in total. The Labute approximate surface area is 111 Å². The zero-order valence-corrected chi connectivity index (χ0v) is 12.2. The van der Waals surface area contributed by atoms with Crippen molar-refractivity contribution in [1.82, 2.24) is 10.2 Å².